The normalized spacial score (nSPS) is 27.1. The molecule has 1 saturated heterocycles. The summed E-state index contributed by atoms with van der Waals surface area (Å²) < 4.78 is 1.22. The molecule has 1 heterocycles. The van der Waals surface area contributed by atoms with Gasteiger partial charge in [0.1, 0.15) is 0 Å². The van der Waals surface area contributed by atoms with E-state index in [1.807, 2.05) is 0 Å². The monoisotopic (exact) mass is 336 g/mol. The number of hydrogen-bond donors (Lipinski definition) is 1. The molecule has 1 N–H and O–H groups in total. The van der Waals surface area contributed by atoms with Crippen LogP contribution in [-0.4, -0.2) is 37.1 Å². The van der Waals surface area contributed by atoms with Gasteiger partial charge in [0, 0.05) is 16.6 Å². The number of halogens is 1. The van der Waals surface area contributed by atoms with Crippen molar-refractivity contribution in [3.63, 3.8) is 0 Å². The van der Waals surface area contributed by atoms with Crippen LogP contribution in [0.25, 0.3) is 0 Å². The zero-order valence-electron chi connectivity index (χ0n) is 12.4. The molecule has 110 valence electrons. The Morgan fingerprint density at radius 1 is 1.10 bits per heavy atom. The molecule has 1 aromatic rings. The molecule has 0 amide bonds. The van der Waals surface area contributed by atoms with Gasteiger partial charge in [-0.15, -0.1) is 0 Å². The first-order valence-electron chi connectivity index (χ1n) is 7.94. The van der Waals surface area contributed by atoms with Crippen molar-refractivity contribution in [1.29, 1.82) is 0 Å². The molecule has 0 radical (unpaired) electrons. The predicted octanol–water partition coefficient (Wildman–Crippen LogP) is 3.38. The molecular weight excluding hydrogens is 312 g/mol. The van der Waals surface area contributed by atoms with Gasteiger partial charge in [0.25, 0.3) is 0 Å². The van der Waals surface area contributed by atoms with E-state index in [9.17, 15) is 0 Å². The molecule has 2 atom stereocenters. The number of likely N-dealkylation sites (N-methyl/N-ethyl adjacent to an activating group) is 1. The summed E-state index contributed by atoms with van der Waals surface area (Å²) >= 11 is 3.59. The lowest BCUT2D eigenvalue weighted by Crippen LogP contribution is -2.43. The van der Waals surface area contributed by atoms with Crippen LogP contribution in [0, 0.1) is 0 Å². The van der Waals surface area contributed by atoms with Crippen molar-refractivity contribution >= 4 is 15.9 Å². The zero-order valence-corrected chi connectivity index (χ0v) is 14.0. The first kappa shape index (κ1) is 14.6. The molecule has 2 unspecified atom stereocenters. The minimum atomic E-state index is 0.728. The van der Waals surface area contributed by atoms with Gasteiger partial charge in [0.05, 0.1) is 0 Å². The average Bonchev–Trinajstić information content (AvgIpc) is 2.75. The highest BCUT2D eigenvalue weighted by molar-refractivity contribution is 9.10. The van der Waals surface area contributed by atoms with Crippen molar-refractivity contribution in [2.75, 3.05) is 20.1 Å². The molecule has 0 bridgehead atoms. The number of nitrogens with one attached hydrogen (secondary N) is 1. The number of rotatable bonds is 2. The number of fused-ring (bicyclic) bond motifs is 1. The van der Waals surface area contributed by atoms with Crippen LogP contribution in [0.4, 0.5) is 0 Å². The molecule has 1 aliphatic heterocycles. The van der Waals surface area contributed by atoms with Gasteiger partial charge in [-0.2, -0.15) is 0 Å². The third kappa shape index (κ3) is 3.26. The summed E-state index contributed by atoms with van der Waals surface area (Å²) in [5.74, 6) is 0. The Balaban J connectivity index is 1.67. The first-order valence-corrected chi connectivity index (χ1v) is 8.73. The van der Waals surface area contributed by atoms with Crippen molar-refractivity contribution in [2.24, 2.45) is 0 Å². The second-order valence-corrected chi connectivity index (χ2v) is 7.23. The lowest BCUT2D eigenvalue weighted by atomic mass is 9.86. The van der Waals surface area contributed by atoms with Crippen LogP contribution < -0.4 is 5.32 Å². The van der Waals surface area contributed by atoms with Crippen LogP contribution in [-0.2, 0) is 12.8 Å². The molecule has 3 heteroatoms. The lowest BCUT2D eigenvalue weighted by molar-refractivity contribution is 0.147. The summed E-state index contributed by atoms with van der Waals surface area (Å²) in [7, 11) is 2.35. The molecule has 20 heavy (non-hydrogen) atoms. The quantitative estimate of drug-likeness (QED) is 0.890. The first-order chi connectivity index (χ1) is 9.74. The van der Waals surface area contributed by atoms with E-state index in [4.69, 9.17) is 0 Å². The molecule has 1 aliphatic carbocycles. The molecular formula is C17H25BrN2. The summed E-state index contributed by atoms with van der Waals surface area (Å²) in [6.07, 6.45) is 7.75. The maximum atomic E-state index is 3.59. The standard InChI is InChI=1S/C17H25BrN2/c1-20(16-3-2-9-19-10-8-16)17-7-5-13-11-15(18)6-4-14(13)12-17/h4,6,11,16-17,19H,2-3,5,7-10,12H2,1H3. The summed E-state index contributed by atoms with van der Waals surface area (Å²) in [6, 6.07) is 8.31. The predicted molar refractivity (Wildman–Crippen MR) is 88.2 cm³/mol. The van der Waals surface area contributed by atoms with E-state index in [-0.39, 0.29) is 0 Å². The van der Waals surface area contributed by atoms with Gasteiger partial charge in [-0.3, -0.25) is 0 Å². The van der Waals surface area contributed by atoms with E-state index in [0.717, 1.165) is 12.1 Å². The Hall–Kier alpha value is -0.380. The van der Waals surface area contributed by atoms with Crippen molar-refractivity contribution in [3.05, 3.63) is 33.8 Å². The van der Waals surface area contributed by atoms with Crippen molar-refractivity contribution in [2.45, 2.75) is 50.6 Å². The molecule has 1 fully saturated rings. The Labute approximate surface area is 131 Å². The Kier molecular flexibility index (Phi) is 4.79. The maximum absolute atomic E-state index is 3.59. The third-order valence-corrected chi connectivity index (χ3v) is 5.56. The van der Waals surface area contributed by atoms with Gasteiger partial charge < -0.3 is 10.2 Å². The van der Waals surface area contributed by atoms with Crippen LogP contribution in [0.3, 0.4) is 0 Å². The van der Waals surface area contributed by atoms with Crippen LogP contribution >= 0.6 is 15.9 Å². The maximum Gasteiger partial charge on any atom is 0.0178 e. The fourth-order valence-electron chi connectivity index (χ4n) is 3.76. The van der Waals surface area contributed by atoms with Crippen LogP contribution in [0.5, 0.6) is 0 Å². The van der Waals surface area contributed by atoms with Gasteiger partial charge in [-0.05, 0) is 81.9 Å². The van der Waals surface area contributed by atoms with E-state index in [1.54, 1.807) is 11.1 Å². The highest BCUT2D eigenvalue weighted by Crippen LogP contribution is 2.28. The molecule has 0 aromatic heterocycles. The van der Waals surface area contributed by atoms with Crippen molar-refractivity contribution in [1.82, 2.24) is 10.2 Å². The molecule has 2 aliphatic rings. The average molecular weight is 337 g/mol. The number of benzene rings is 1. The smallest absolute Gasteiger partial charge is 0.0178 e. The Bertz CT molecular complexity index is 452. The van der Waals surface area contributed by atoms with Crippen LogP contribution in [0.15, 0.2) is 22.7 Å². The van der Waals surface area contributed by atoms with E-state index in [2.05, 4.69) is 51.4 Å². The highest BCUT2D eigenvalue weighted by Gasteiger charge is 2.27. The minimum Gasteiger partial charge on any atom is -0.317 e. The van der Waals surface area contributed by atoms with Gasteiger partial charge in [0.15, 0.2) is 0 Å². The molecule has 0 saturated carbocycles. The molecule has 1 aromatic carbocycles. The van der Waals surface area contributed by atoms with E-state index < -0.39 is 0 Å². The fraction of sp³-hybridized carbons (Fsp3) is 0.647. The molecule has 2 nitrogen and oxygen atoms in total. The second-order valence-electron chi connectivity index (χ2n) is 6.31. The summed E-state index contributed by atoms with van der Waals surface area (Å²) in [4.78, 5) is 2.68. The van der Waals surface area contributed by atoms with Gasteiger partial charge in [-0.1, -0.05) is 22.0 Å². The summed E-state index contributed by atoms with van der Waals surface area (Å²) in [6.45, 7) is 2.39. The van der Waals surface area contributed by atoms with E-state index in [0.29, 0.717) is 0 Å². The van der Waals surface area contributed by atoms with Gasteiger partial charge in [0.2, 0.25) is 0 Å². The SMILES string of the molecule is CN(C1CCCNCC1)C1CCc2cc(Br)ccc2C1. The largest absolute Gasteiger partial charge is 0.317 e. The van der Waals surface area contributed by atoms with Crippen molar-refractivity contribution in [3.8, 4) is 0 Å². The summed E-state index contributed by atoms with van der Waals surface area (Å²) in [5, 5.41) is 3.53. The topological polar surface area (TPSA) is 15.3 Å². The van der Waals surface area contributed by atoms with Gasteiger partial charge in [-0.25, -0.2) is 0 Å². The molecule has 0 spiro atoms. The Morgan fingerprint density at radius 3 is 2.90 bits per heavy atom. The Morgan fingerprint density at radius 2 is 2.00 bits per heavy atom. The fourth-order valence-corrected chi connectivity index (χ4v) is 4.17. The van der Waals surface area contributed by atoms with E-state index >= 15 is 0 Å². The highest BCUT2D eigenvalue weighted by atomic mass is 79.9. The van der Waals surface area contributed by atoms with Crippen molar-refractivity contribution < 1.29 is 0 Å². The molecule has 3 rings (SSSR count). The van der Waals surface area contributed by atoms with Crippen LogP contribution in [0.2, 0.25) is 0 Å². The second kappa shape index (κ2) is 6.59. The number of hydrogen-bond acceptors (Lipinski definition) is 2. The number of nitrogens with zero attached hydrogens (tertiary/aromatic N) is 1. The van der Waals surface area contributed by atoms with Gasteiger partial charge >= 0.3 is 0 Å². The lowest BCUT2D eigenvalue weighted by Gasteiger charge is -2.37. The number of aryl methyl sites for hydroxylation is 1. The van der Waals surface area contributed by atoms with Crippen LogP contribution in [0.1, 0.15) is 36.8 Å². The minimum absolute atomic E-state index is 0.728. The third-order valence-electron chi connectivity index (χ3n) is 5.07. The van der Waals surface area contributed by atoms with E-state index in [1.165, 1.54) is 56.1 Å². The zero-order chi connectivity index (χ0) is 13.9. The summed E-state index contributed by atoms with van der Waals surface area (Å²) in [5.41, 5.74) is 3.11.